The first kappa shape index (κ1) is 17.9. The second-order valence-electron chi connectivity index (χ2n) is 6.56. The van der Waals surface area contributed by atoms with Crippen LogP contribution in [0.25, 0.3) is 11.0 Å². The molecule has 28 heavy (non-hydrogen) atoms. The van der Waals surface area contributed by atoms with Gasteiger partial charge in [-0.05, 0) is 42.0 Å². The van der Waals surface area contributed by atoms with Gasteiger partial charge in [0.15, 0.2) is 0 Å². The predicted molar refractivity (Wildman–Crippen MR) is 110 cm³/mol. The van der Waals surface area contributed by atoms with Crippen LogP contribution in [0.3, 0.4) is 0 Å². The molecule has 3 aromatic carbocycles. The summed E-state index contributed by atoms with van der Waals surface area (Å²) < 4.78 is 15.1. The zero-order chi connectivity index (χ0) is 19.3. The fourth-order valence-corrected chi connectivity index (χ4v) is 3.37. The molecule has 0 radical (unpaired) electrons. The second-order valence-corrected chi connectivity index (χ2v) is 6.56. The zero-order valence-electron chi connectivity index (χ0n) is 15.8. The molecule has 0 atom stereocenters. The SMILES string of the molecule is COc1ccc(OCCn2c(=N)n(Cc3ccccc3)c3ccccc32)cc1. The number of imidazole rings is 1. The van der Waals surface area contributed by atoms with Crippen molar-refractivity contribution in [2.75, 3.05) is 13.7 Å². The normalized spacial score (nSPS) is 10.9. The summed E-state index contributed by atoms with van der Waals surface area (Å²) in [6.07, 6.45) is 0. The van der Waals surface area contributed by atoms with Crippen molar-refractivity contribution in [2.24, 2.45) is 0 Å². The van der Waals surface area contributed by atoms with Crippen LogP contribution in [0.15, 0.2) is 78.9 Å². The quantitative estimate of drug-likeness (QED) is 0.531. The summed E-state index contributed by atoms with van der Waals surface area (Å²) in [5.74, 6) is 1.60. The van der Waals surface area contributed by atoms with Crippen LogP contribution in [-0.4, -0.2) is 22.9 Å². The lowest BCUT2D eigenvalue weighted by Crippen LogP contribution is -2.27. The van der Waals surface area contributed by atoms with E-state index in [9.17, 15) is 0 Å². The third kappa shape index (κ3) is 3.64. The van der Waals surface area contributed by atoms with Crippen LogP contribution in [0.2, 0.25) is 0 Å². The van der Waals surface area contributed by atoms with E-state index in [1.165, 1.54) is 5.56 Å². The maximum Gasteiger partial charge on any atom is 0.203 e. The minimum atomic E-state index is 0.475. The van der Waals surface area contributed by atoms with Crippen LogP contribution in [0.5, 0.6) is 11.5 Å². The first-order valence-electron chi connectivity index (χ1n) is 9.30. The Morgan fingerprint density at radius 2 is 1.36 bits per heavy atom. The maximum absolute atomic E-state index is 8.71. The number of nitrogens with zero attached hydrogens (tertiary/aromatic N) is 2. The van der Waals surface area contributed by atoms with Gasteiger partial charge >= 0.3 is 0 Å². The van der Waals surface area contributed by atoms with Crippen molar-refractivity contribution in [1.29, 1.82) is 5.41 Å². The highest BCUT2D eigenvalue weighted by Gasteiger charge is 2.11. The molecule has 0 aliphatic heterocycles. The van der Waals surface area contributed by atoms with E-state index < -0.39 is 0 Å². The first-order valence-corrected chi connectivity index (χ1v) is 9.30. The largest absolute Gasteiger partial charge is 0.497 e. The van der Waals surface area contributed by atoms with Gasteiger partial charge < -0.3 is 18.6 Å². The number of hydrogen-bond acceptors (Lipinski definition) is 3. The lowest BCUT2D eigenvalue weighted by atomic mass is 10.2. The van der Waals surface area contributed by atoms with Gasteiger partial charge in [-0.1, -0.05) is 42.5 Å². The van der Waals surface area contributed by atoms with Gasteiger partial charge in [-0.2, -0.15) is 0 Å². The van der Waals surface area contributed by atoms with Crippen LogP contribution in [0, 0.1) is 5.41 Å². The number of ether oxygens (including phenoxy) is 2. The molecule has 0 fully saturated rings. The number of methoxy groups -OCH3 is 1. The fourth-order valence-electron chi connectivity index (χ4n) is 3.37. The molecule has 0 unspecified atom stereocenters. The summed E-state index contributed by atoms with van der Waals surface area (Å²) in [4.78, 5) is 0. The molecule has 4 aromatic rings. The molecule has 0 spiro atoms. The van der Waals surface area contributed by atoms with Gasteiger partial charge in [0.1, 0.15) is 18.1 Å². The molecule has 1 N–H and O–H groups in total. The van der Waals surface area contributed by atoms with E-state index in [-0.39, 0.29) is 0 Å². The Balaban J connectivity index is 1.56. The van der Waals surface area contributed by atoms with E-state index in [1.54, 1.807) is 7.11 Å². The van der Waals surface area contributed by atoms with E-state index in [0.29, 0.717) is 25.3 Å². The Labute approximate surface area is 163 Å². The first-order chi connectivity index (χ1) is 13.8. The van der Waals surface area contributed by atoms with Crippen LogP contribution < -0.4 is 15.1 Å². The lowest BCUT2D eigenvalue weighted by molar-refractivity contribution is 0.296. The topological polar surface area (TPSA) is 52.2 Å². The molecule has 0 aliphatic rings. The molecule has 0 bridgehead atoms. The van der Waals surface area contributed by atoms with Gasteiger partial charge in [-0.15, -0.1) is 0 Å². The van der Waals surface area contributed by atoms with Crippen LogP contribution >= 0.6 is 0 Å². The van der Waals surface area contributed by atoms with Crippen molar-refractivity contribution < 1.29 is 9.47 Å². The standard InChI is InChI=1S/C23H23N3O2/c1-27-19-11-13-20(14-12-19)28-16-15-25-21-9-5-6-10-22(21)26(23(25)24)17-18-7-3-2-4-8-18/h2-14,24H,15-17H2,1H3. The number of rotatable bonds is 7. The Morgan fingerprint density at radius 3 is 2.04 bits per heavy atom. The molecule has 0 saturated carbocycles. The number of fused-ring (bicyclic) bond motifs is 1. The van der Waals surface area contributed by atoms with Gasteiger partial charge in [0.2, 0.25) is 5.62 Å². The summed E-state index contributed by atoms with van der Waals surface area (Å²) in [5, 5.41) is 8.71. The molecular formula is C23H23N3O2. The average molecular weight is 373 g/mol. The van der Waals surface area contributed by atoms with Crippen molar-refractivity contribution >= 4 is 11.0 Å². The summed E-state index contributed by atoms with van der Waals surface area (Å²) >= 11 is 0. The predicted octanol–water partition coefficient (Wildman–Crippen LogP) is 4.06. The van der Waals surface area contributed by atoms with E-state index >= 15 is 0 Å². The van der Waals surface area contributed by atoms with Gasteiger partial charge in [-0.3, -0.25) is 5.41 Å². The zero-order valence-corrected chi connectivity index (χ0v) is 15.8. The Bertz CT molecular complexity index is 1110. The molecule has 0 aliphatic carbocycles. The lowest BCUT2D eigenvalue weighted by Gasteiger charge is -2.08. The van der Waals surface area contributed by atoms with Crippen LogP contribution in [-0.2, 0) is 13.1 Å². The van der Waals surface area contributed by atoms with E-state index in [4.69, 9.17) is 14.9 Å². The van der Waals surface area contributed by atoms with Gasteiger partial charge in [-0.25, -0.2) is 0 Å². The van der Waals surface area contributed by atoms with Gasteiger partial charge in [0.05, 0.1) is 31.2 Å². The third-order valence-corrected chi connectivity index (χ3v) is 4.80. The van der Waals surface area contributed by atoms with Crippen molar-refractivity contribution in [1.82, 2.24) is 9.13 Å². The van der Waals surface area contributed by atoms with Crippen molar-refractivity contribution in [3.8, 4) is 11.5 Å². The highest BCUT2D eigenvalue weighted by Crippen LogP contribution is 2.18. The van der Waals surface area contributed by atoms with Gasteiger partial charge in [0.25, 0.3) is 0 Å². The van der Waals surface area contributed by atoms with Crippen molar-refractivity contribution in [3.63, 3.8) is 0 Å². The molecule has 0 amide bonds. The summed E-state index contributed by atoms with van der Waals surface area (Å²) in [6.45, 7) is 1.77. The smallest absolute Gasteiger partial charge is 0.203 e. The second kappa shape index (κ2) is 8.05. The van der Waals surface area contributed by atoms with Crippen LogP contribution in [0.1, 0.15) is 5.56 Å². The summed E-state index contributed by atoms with van der Waals surface area (Å²) in [5.41, 5.74) is 3.75. The minimum absolute atomic E-state index is 0.475. The number of para-hydroxylation sites is 2. The molecule has 4 rings (SSSR count). The number of benzene rings is 3. The fraction of sp³-hybridized carbons (Fsp3) is 0.174. The van der Waals surface area contributed by atoms with Crippen molar-refractivity contribution in [2.45, 2.75) is 13.1 Å². The minimum Gasteiger partial charge on any atom is -0.497 e. The molecule has 5 heteroatoms. The highest BCUT2D eigenvalue weighted by molar-refractivity contribution is 5.76. The van der Waals surface area contributed by atoms with Crippen molar-refractivity contribution in [3.05, 3.63) is 90.0 Å². The van der Waals surface area contributed by atoms with Gasteiger partial charge in [0, 0.05) is 0 Å². The van der Waals surface area contributed by atoms with Crippen LogP contribution in [0.4, 0.5) is 0 Å². The molecule has 5 nitrogen and oxygen atoms in total. The molecule has 1 heterocycles. The van der Waals surface area contributed by atoms with E-state index in [1.807, 2.05) is 63.7 Å². The van der Waals surface area contributed by atoms with E-state index in [2.05, 4.69) is 24.3 Å². The monoisotopic (exact) mass is 373 g/mol. The summed E-state index contributed by atoms with van der Waals surface area (Å²) in [7, 11) is 1.65. The molecule has 1 aromatic heterocycles. The maximum atomic E-state index is 8.71. The highest BCUT2D eigenvalue weighted by atomic mass is 16.5. The molecule has 0 saturated heterocycles. The third-order valence-electron chi connectivity index (χ3n) is 4.80. The number of nitrogens with one attached hydrogen (secondary N) is 1. The molecule has 142 valence electrons. The summed E-state index contributed by atoms with van der Waals surface area (Å²) in [6, 6.07) is 25.9. The Morgan fingerprint density at radius 1 is 0.750 bits per heavy atom. The van der Waals surface area contributed by atoms with E-state index in [0.717, 1.165) is 22.5 Å². The number of hydrogen-bond donors (Lipinski definition) is 1. The average Bonchev–Trinajstić information content (AvgIpc) is 3.01. The Kier molecular flexibility index (Phi) is 5.15. The molecular weight excluding hydrogens is 350 g/mol. The Hall–Kier alpha value is -3.47. The number of aromatic nitrogens is 2.